The first-order chi connectivity index (χ1) is 8.21. The van der Waals surface area contributed by atoms with Gasteiger partial charge in [0.05, 0.1) is 25.6 Å². The van der Waals surface area contributed by atoms with Crippen LogP contribution in [0.1, 0.15) is 6.92 Å². The molecule has 0 bridgehead atoms. The molecule has 0 aliphatic heterocycles. The minimum atomic E-state index is 0.0993. The van der Waals surface area contributed by atoms with Crippen LogP contribution in [0.15, 0.2) is 18.5 Å². The van der Waals surface area contributed by atoms with Crippen LogP contribution in [0.3, 0.4) is 0 Å². The minimum Gasteiger partial charge on any atom is -0.481 e. The molecule has 0 radical (unpaired) electrons. The number of methoxy groups -OCH3 is 1. The van der Waals surface area contributed by atoms with Gasteiger partial charge in [0, 0.05) is 6.54 Å². The van der Waals surface area contributed by atoms with Crippen molar-refractivity contribution in [2.45, 2.75) is 13.5 Å². The number of rotatable bonds is 4. The van der Waals surface area contributed by atoms with Crippen molar-refractivity contribution in [2.24, 2.45) is 0 Å². The van der Waals surface area contributed by atoms with Crippen molar-refractivity contribution in [3.8, 4) is 17.5 Å². The SMILES string of the molecule is CCn1cc(Oc2cc(OC)nc(N)n2)cn1. The van der Waals surface area contributed by atoms with Gasteiger partial charge in [-0.15, -0.1) is 0 Å². The number of ether oxygens (including phenoxy) is 2. The highest BCUT2D eigenvalue weighted by molar-refractivity contribution is 5.32. The van der Waals surface area contributed by atoms with Gasteiger partial charge in [-0.2, -0.15) is 15.1 Å². The Labute approximate surface area is 98.2 Å². The minimum absolute atomic E-state index is 0.0993. The van der Waals surface area contributed by atoms with Crippen molar-refractivity contribution in [3.05, 3.63) is 18.5 Å². The van der Waals surface area contributed by atoms with E-state index in [0.29, 0.717) is 17.5 Å². The first kappa shape index (κ1) is 11.2. The summed E-state index contributed by atoms with van der Waals surface area (Å²) in [6, 6.07) is 1.56. The van der Waals surface area contributed by atoms with Crippen LogP contribution in [0.25, 0.3) is 0 Å². The zero-order valence-electron chi connectivity index (χ0n) is 9.62. The molecule has 0 atom stereocenters. The molecule has 2 N–H and O–H groups in total. The van der Waals surface area contributed by atoms with Crippen LogP contribution in [0.2, 0.25) is 0 Å². The zero-order chi connectivity index (χ0) is 12.3. The normalized spacial score (nSPS) is 10.2. The Bertz CT molecular complexity index is 511. The highest BCUT2D eigenvalue weighted by Gasteiger charge is 2.06. The second kappa shape index (κ2) is 4.69. The molecule has 2 aromatic rings. The van der Waals surface area contributed by atoms with Gasteiger partial charge in [0.15, 0.2) is 5.75 Å². The Morgan fingerprint density at radius 1 is 1.35 bits per heavy atom. The van der Waals surface area contributed by atoms with Gasteiger partial charge in [-0.25, -0.2) is 0 Å². The predicted octanol–water partition coefficient (Wildman–Crippen LogP) is 1.08. The molecule has 0 aliphatic carbocycles. The van der Waals surface area contributed by atoms with Crippen LogP contribution >= 0.6 is 0 Å². The highest BCUT2D eigenvalue weighted by atomic mass is 16.5. The standard InChI is InChI=1S/C10H13N5O2/c1-3-15-6-7(5-12-15)17-9-4-8(16-2)13-10(11)14-9/h4-6H,3H2,1-2H3,(H2,11,13,14). The summed E-state index contributed by atoms with van der Waals surface area (Å²) in [7, 11) is 1.50. The molecule has 7 heteroatoms. The molecule has 90 valence electrons. The molecule has 0 spiro atoms. The number of hydrogen-bond donors (Lipinski definition) is 1. The summed E-state index contributed by atoms with van der Waals surface area (Å²) in [5.41, 5.74) is 5.52. The Balaban J connectivity index is 2.20. The molecule has 0 unspecified atom stereocenters. The number of aromatic nitrogens is 4. The Hall–Kier alpha value is -2.31. The van der Waals surface area contributed by atoms with Crippen LogP contribution in [0.4, 0.5) is 5.95 Å². The third-order valence-corrected chi connectivity index (χ3v) is 2.06. The van der Waals surface area contributed by atoms with Crippen molar-refractivity contribution in [2.75, 3.05) is 12.8 Å². The van der Waals surface area contributed by atoms with Crippen LogP contribution in [0, 0.1) is 0 Å². The number of aryl methyl sites for hydroxylation is 1. The van der Waals surface area contributed by atoms with Crippen LogP contribution in [0.5, 0.6) is 17.5 Å². The van der Waals surface area contributed by atoms with Crippen molar-refractivity contribution in [1.82, 2.24) is 19.7 Å². The van der Waals surface area contributed by atoms with Gasteiger partial charge in [-0.1, -0.05) is 0 Å². The summed E-state index contributed by atoms with van der Waals surface area (Å²) in [6.45, 7) is 2.76. The Morgan fingerprint density at radius 3 is 2.76 bits per heavy atom. The molecule has 0 saturated carbocycles. The fourth-order valence-corrected chi connectivity index (χ4v) is 1.27. The third-order valence-electron chi connectivity index (χ3n) is 2.06. The van der Waals surface area contributed by atoms with E-state index >= 15 is 0 Å². The van der Waals surface area contributed by atoms with Crippen molar-refractivity contribution >= 4 is 5.95 Å². The molecular weight excluding hydrogens is 222 g/mol. The van der Waals surface area contributed by atoms with Gasteiger partial charge in [0.25, 0.3) is 0 Å². The van der Waals surface area contributed by atoms with Gasteiger partial charge in [0.2, 0.25) is 17.7 Å². The topological polar surface area (TPSA) is 88.1 Å². The van der Waals surface area contributed by atoms with E-state index in [0.717, 1.165) is 6.54 Å². The van der Waals surface area contributed by atoms with E-state index in [2.05, 4.69) is 15.1 Å². The van der Waals surface area contributed by atoms with E-state index in [-0.39, 0.29) is 5.95 Å². The quantitative estimate of drug-likeness (QED) is 0.852. The Kier molecular flexibility index (Phi) is 3.08. The van der Waals surface area contributed by atoms with Crippen molar-refractivity contribution in [3.63, 3.8) is 0 Å². The average Bonchev–Trinajstić information content (AvgIpc) is 2.76. The summed E-state index contributed by atoms with van der Waals surface area (Å²) in [5, 5.41) is 4.08. The maximum Gasteiger partial charge on any atom is 0.228 e. The summed E-state index contributed by atoms with van der Waals surface area (Å²) in [5.74, 6) is 1.37. The highest BCUT2D eigenvalue weighted by Crippen LogP contribution is 2.22. The fraction of sp³-hybridized carbons (Fsp3) is 0.300. The van der Waals surface area contributed by atoms with E-state index in [9.17, 15) is 0 Å². The molecule has 2 rings (SSSR count). The molecule has 17 heavy (non-hydrogen) atoms. The van der Waals surface area contributed by atoms with Gasteiger partial charge >= 0.3 is 0 Å². The van der Waals surface area contributed by atoms with E-state index < -0.39 is 0 Å². The molecule has 2 heterocycles. The lowest BCUT2D eigenvalue weighted by Crippen LogP contribution is -1.99. The largest absolute Gasteiger partial charge is 0.481 e. The molecule has 0 amide bonds. The van der Waals surface area contributed by atoms with Gasteiger partial charge in [-0.3, -0.25) is 4.68 Å². The lowest BCUT2D eigenvalue weighted by atomic mass is 10.5. The average molecular weight is 235 g/mol. The van der Waals surface area contributed by atoms with Gasteiger partial charge in [-0.05, 0) is 6.92 Å². The smallest absolute Gasteiger partial charge is 0.228 e. The first-order valence-electron chi connectivity index (χ1n) is 5.10. The monoisotopic (exact) mass is 235 g/mol. The van der Waals surface area contributed by atoms with E-state index in [1.807, 2.05) is 6.92 Å². The summed E-state index contributed by atoms with van der Waals surface area (Å²) < 4.78 is 12.2. The van der Waals surface area contributed by atoms with Crippen LogP contribution in [-0.2, 0) is 6.54 Å². The number of nitrogens with zero attached hydrogens (tertiary/aromatic N) is 4. The Morgan fingerprint density at radius 2 is 2.12 bits per heavy atom. The lowest BCUT2D eigenvalue weighted by molar-refractivity contribution is 0.389. The maximum absolute atomic E-state index is 5.52. The second-order valence-electron chi connectivity index (χ2n) is 3.24. The van der Waals surface area contributed by atoms with Crippen molar-refractivity contribution < 1.29 is 9.47 Å². The van der Waals surface area contributed by atoms with E-state index in [4.69, 9.17) is 15.2 Å². The zero-order valence-corrected chi connectivity index (χ0v) is 9.62. The summed E-state index contributed by atoms with van der Waals surface area (Å²) >= 11 is 0. The third kappa shape index (κ3) is 2.63. The molecule has 0 fully saturated rings. The number of nitrogen functional groups attached to an aromatic ring is 1. The summed E-state index contributed by atoms with van der Waals surface area (Å²) in [4.78, 5) is 7.80. The molecule has 2 aromatic heterocycles. The molecule has 0 saturated heterocycles. The van der Waals surface area contributed by atoms with Crippen molar-refractivity contribution in [1.29, 1.82) is 0 Å². The number of hydrogen-bond acceptors (Lipinski definition) is 6. The van der Waals surface area contributed by atoms with Gasteiger partial charge in [0.1, 0.15) is 0 Å². The van der Waals surface area contributed by atoms with Gasteiger partial charge < -0.3 is 15.2 Å². The number of anilines is 1. The molecular formula is C10H13N5O2. The van der Waals surface area contributed by atoms with E-state index in [1.165, 1.54) is 7.11 Å². The van der Waals surface area contributed by atoms with E-state index in [1.54, 1.807) is 23.1 Å². The fourth-order valence-electron chi connectivity index (χ4n) is 1.27. The predicted molar refractivity (Wildman–Crippen MR) is 61.0 cm³/mol. The first-order valence-corrected chi connectivity index (χ1v) is 5.10. The number of nitrogens with two attached hydrogens (primary N) is 1. The molecule has 0 aromatic carbocycles. The van der Waals surface area contributed by atoms with Crippen LogP contribution < -0.4 is 15.2 Å². The summed E-state index contributed by atoms with van der Waals surface area (Å²) in [6.07, 6.45) is 3.37. The maximum atomic E-state index is 5.52. The lowest BCUT2D eigenvalue weighted by Gasteiger charge is -2.04. The molecule has 0 aliphatic rings. The van der Waals surface area contributed by atoms with Crippen LogP contribution in [-0.4, -0.2) is 26.9 Å². The molecule has 7 nitrogen and oxygen atoms in total. The second-order valence-corrected chi connectivity index (χ2v) is 3.24.